The van der Waals surface area contributed by atoms with Crippen LogP contribution < -0.4 is 10.6 Å². The van der Waals surface area contributed by atoms with Gasteiger partial charge in [-0.3, -0.25) is 4.79 Å². The van der Waals surface area contributed by atoms with Gasteiger partial charge in [-0.05, 0) is 44.0 Å². The van der Waals surface area contributed by atoms with Gasteiger partial charge in [0.15, 0.2) is 0 Å². The third kappa shape index (κ3) is 4.01. The summed E-state index contributed by atoms with van der Waals surface area (Å²) in [7, 11) is 0. The number of anilines is 3. The molecule has 0 unspecified atom stereocenters. The molecule has 0 saturated carbocycles. The van der Waals surface area contributed by atoms with Gasteiger partial charge in [0.25, 0.3) is 5.91 Å². The van der Waals surface area contributed by atoms with E-state index in [1.807, 2.05) is 30.3 Å². The first-order chi connectivity index (χ1) is 12.0. The third-order valence-electron chi connectivity index (χ3n) is 3.85. The summed E-state index contributed by atoms with van der Waals surface area (Å²) in [6.07, 6.45) is 3.04. The van der Waals surface area contributed by atoms with Crippen LogP contribution in [0.15, 0.2) is 54.9 Å². The van der Waals surface area contributed by atoms with Crippen molar-refractivity contribution in [2.45, 2.75) is 20.8 Å². The SMILES string of the molecule is Cc1cc(C)c(Nc2cnc(C(=O)Nc3ccccc3)cn2)c(C)c1. The van der Waals surface area contributed by atoms with E-state index < -0.39 is 0 Å². The molecule has 5 nitrogen and oxygen atoms in total. The number of aryl methyl sites for hydroxylation is 3. The Kier molecular flexibility index (Phi) is 4.75. The number of para-hydroxylation sites is 1. The van der Waals surface area contributed by atoms with E-state index in [-0.39, 0.29) is 11.6 Å². The number of nitrogens with zero attached hydrogens (tertiary/aromatic N) is 2. The van der Waals surface area contributed by atoms with E-state index in [2.05, 4.69) is 53.5 Å². The molecule has 0 radical (unpaired) electrons. The number of carbonyl (C=O) groups excluding carboxylic acids is 1. The predicted molar refractivity (Wildman–Crippen MR) is 100 cm³/mol. The number of benzene rings is 2. The highest BCUT2D eigenvalue weighted by Gasteiger charge is 2.10. The first kappa shape index (κ1) is 16.6. The topological polar surface area (TPSA) is 66.9 Å². The van der Waals surface area contributed by atoms with Crippen LogP contribution in [0.25, 0.3) is 0 Å². The van der Waals surface area contributed by atoms with E-state index in [1.54, 1.807) is 6.20 Å². The van der Waals surface area contributed by atoms with Crippen LogP contribution in [0, 0.1) is 20.8 Å². The number of nitrogens with one attached hydrogen (secondary N) is 2. The summed E-state index contributed by atoms with van der Waals surface area (Å²) in [6.45, 7) is 6.18. The largest absolute Gasteiger partial charge is 0.339 e. The van der Waals surface area contributed by atoms with Gasteiger partial charge in [-0.2, -0.15) is 0 Å². The van der Waals surface area contributed by atoms with E-state index in [4.69, 9.17) is 0 Å². The van der Waals surface area contributed by atoms with Crippen LogP contribution in [0.1, 0.15) is 27.2 Å². The number of amides is 1. The number of rotatable bonds is 4. The maximum atomic E-state index is 12.2. The maximum Gasteiger partial charge on any atom is 0.275 e. The van der Waals surface area contributed by atoms with Crippen molar-refractivity contribution < 1.29 is 4.79 Å². The molecule has 3 aromatic rings. The van der Waals surface area contributed by atoms with Gasteiger partial charge in [0, 0.05) is 11.4 Å². The molecule has 0 aliphatic carbocycles. The van der Waals surface area contributed by atoms with Gasteiger partial charge >= 0.3 is 0 Å². The Morgan fingerprint density at radius 1 is 0.920 bits per heavy atom. The smallest absolute Gasteiger partial charge is 0.275 e. The summed E-state index contributed by atoms with van der Waals surface area (Å²) in [5, 5.41) is 6.07. The van der Waals surface area contributed by atoms with Gasteiger partial charge in [-0.1, -0.05) is 35.9 Å². The van der Waals surface area contributed by atoms with Crippen molar-refractivity contribution in [1.82, 2.24) is 9.97 Å². The second-order valence-corrected chi connectivity index (χ2v) is 6.01. The highest BCUT2D eigenvalue weighted by atomic mass is 16.1. The van der Waals surface area contributed by atoms with Gasteiger partial charge in [0.2, 0.25) is 0 Å². The van der Waals surface area contributed by atoms with E-state index >= 15 is 0 Å². The molecule has 2 aromatic carbocycles. The molecule has 0 atom stereocenters. The fourth-order valence-corrected chi connectivity index (χ4v) is 2.73. The van der Waals surface area contributed by atoms with Crippen molar-refractivity contribution >= 4 is 23.1 Å². The Morgan fingerprint density at radius 3 is 2.20 bits per heavy atom. The van der Waals surface area contributed by atoms with Crippen molar-refractivity contribution in [3.63, 3.8) is 0 Å². The van der Waals surface area contributed by atoms with Gasteiger partial charge in [-0.15, -0.1) is 0 Å². The standard InChI is InChI=1S/C20H20N4O/c1-13-9-14(2)19(15(3)10-13)24-18-12-21-17(11-22-18)20(25)23-16-7-5-4-6-8-16/h4-12H,1-3H3,(H,22,24)(H,23,25). The van der Waals surface area contributed by atoms with Crippen LogP contribution in [0.3, 0.4) is 0 Å². The van der Waals surface area contributed by atoms with Gasteiger partial charge < -0.3 is 10.6 Å². The lowest BCUT2D eigenvalue weighted by Gasteiger charge is -2.13. The molecular weight excluding hydrogens is 312 g/mol. The molecule has 3 rings (SSSR count). The summed E-state index contributed by atoms with van der Waals surface area (Å²) >= 11 is 0. The van der Waals surface area contributed by atoms with Gasteiger partial charge in [0.05, 0.1) is 12.4 Å². The first-order valence-electron chi connectivity index (χ1n) is 8.06. The quantitative estimate of drug-likeness (QED) is 0.743. The van der Waals surface area contributed by atoms with Crippen molar-refractivity contribution in [1.29, 1.82) is 0 Å². The number of carbonyl (C=O) groups is 1. The fraction of sp³-hybridized carbons (Fsp3) is 0.150. The fourth-order valence-electron chi connectivity index (χ4n) is 2.73. The first-order valence-corrected chi connectivity index (χ1v) is 8.06. The zero-order valence-corrected chi connectivity index (χ0v) is 14.5. The Morgan fingerprint density at radius 2 is 1.60 bits per heavy atom. The number of hydrogen-bond acceptors (Lipinski definition) is 4. The van der Waals surface area contributed by atoms with Crippen molar-refractivity contribution in [3.8, 4) is 0 Å². The lowest BCUT2D eigenvalue weighted by atomic mass is 10.1. The third-order valence-corrected chi connectivity index (χ3v) is 3.85. The van der Waals surface area contributed by atoms with Crippen LogP contribution in [0.2, 0.25) is 0 Å². The normalized spacial score (nSPS) is 10.4. The van der Waals surface area contributed by atoms with Crippen molar-refractivity contribution in [2.24, 2.45) is 0 Å². The lowest BCUT2D eigenvalue weighted by molar-refractivity contribution is 0.102. The maximum absolute atomic E-state index is 12.2. The molecule has 1 aromatic heterocycles. The molecule has 0 aliphatic rings. The minimum Gasteiger partial charge on any atom is -0.339 e. The van der Waals surface area contributed by atoms with Crippen molar-refractivity contribution in [3.05, 3.63) is 77.2 Å². The summed E-state index contributed by atoms with van der Waals surface area (Å²) in [6, 6.07) is 13.5. The molecule has 2 N–H and O–H groups in total. The van der Waals surface area contributed by atoms with Crippen LogP contribution in [-0.2, 0) is 0 Å². The van der Waals surface area contributed by atoms with Gasteiger partial charge in [-0.25, -0.2) is 9.97 Å². The number of hydrogen-bond donors (Lipinski definition) is 2. The average molecular weight is 332 g/mol. The second-order valence-electron chi connectivity index (χ2n) is 6.01. The minimum absolute atomic E-state index is 0.270. The molecule has 0 aliphatic heterocycles. The molecule has 126 valence electrons. The van der Waals surface area contributed by atoms with E-state index in [0.717, 1.165) is 22.5 Å². The molecule has 1 amide bonds. The molecule has 25 heavy (non-hydrogen) atoms. The minimum atomic E-state index is -0.284. The van der Waals surface area contributed by atoms with Crippen LogP contribution >= 0.6 is 0 Å². The van der Waals surface area contributed by atoms with Crippen LogP contribution in [0.4, 0.5) is 17.2 Å². The van der Waals surface area contributed by atoms with Crippen molar-refractivity contribution in [2.75, 3.05) is 10.6 Å². The average Bonchev–Trinajstić information content (AvgIpc) is 2.59. The van der Waals surface area contributed by atoms with Gasteiger partial charge in [0.1, 0.15) is 11.5 Å². The Hall–Kier alpha value is -3.21. The van der Waals surface area contributed by atoms with Crippen LogP contribution in [-0.4, -0.2) is 15.9 Å². The highest BCUT2D eigenvalue weighted by Crippen LogP contribution is 2.24. The monoisotopic (exact) mass is 332 g/mol. The molecule has 0 spiro atoms. The summed E-state index contributed by atoms with van der Waals surface area (Å²) in [5.74, 6) is 0.319. The van der Waals surface area contributed by atoms with E-state index in [0.29, 0.717) is 5.82 Å². The van der Waals surface area contributed by atoms with E-state index in [1.165, 1.54) is 11.8 Å². The highest BCUT2D eigenvalue weighted by molar-refractivity contribution is 6.02. The zero-order valence-electron chi connectivity index (χ0n) is 14.5. The molecule has 5 heteroatoms. The zero-order chi connectivity index (χ0) is 17.8. The Balaban J connectivity index is 1.73. The molecule has 0 bridgehead atoms. The van der Waals surface area contributed by atoms with E-state index in [9.17, 15) is 4.79 Å². The molecule has 0 fully saturated rings. The summed E-state index contributed by atoms with van der Waals surface area (Å²) in [4.78, 5) is 20.7. The lowest BCUT2D eigenvalue weighted by Crippen LogP contribution is -2.14. The summed E-state index contributed by atoms with van der Waals surface area (Å²) in [5.41, 5.74) is 5.52. The van der Waals surface area contributed by atoms with Crippen LogP contribution in [0.5, 0.6) is 0 Å². The molecule has 0 saturated heterocycles. The second kappa shape index (κ2) is 7.13. The Bertz CT molecular complexity index is 866. The number of aromatic nitrogens is 2. The Labute approximate surface area is 147 Å². The predicted octanol–water partition coefficient (Wildman–Crippen LogP) is 4.40. The molecular formula is C20H20N4O. The summed E-state index contributed by atoms with van der Waals surface area (Å²) < 4.78 is 0. The molecule has 1 heterocycles.